The molecule has 0 aliphatic carbocycles. The van der Waals surface area contributed by atoms with Gasteiger partial charge in [0.1, 0.15) is 0 Å². The predicted octanol–water partition coefficient (Wildman–Crippen LogP) is 3.32. The lowest BCUT2D eigenvalue weighted by Crippen LogP contribution is -2.42. The third-order valence-corrected chi connectivity index (χ3v) is 4.35. The second-order valence-electron chi connectivity index (χ2n) is 6.25. The minimum Gasteiger partial charge on any atom is -0.340 e. The lowest BCUT2D eigenvalue weighted by atomic mass is 9.99. The van der Waals surface area contributed by atoms with E-state index < -0.39 is 0 Å². The second kappa shape index (κ2) is 8.57. The number of hydrogen-bond acceptors (Lipinski definition) is 2. The molecule has 3 nitrogen and oxygen atoms in total. The van der Waals surface area contributed by atoms with Gasteiger partial charge in [0.2, 0.25) is 5.91 Å². The predicted molar refractivity (Wildman–Crippen MR) is 80.9 cm³/mol. The number of rotatable bonds is 6. The summed E-state index contributed by atoms with van der Waals surface area (Å²) in [5, 5.41) is 0. The SMILES string of the molecule is CCC1CCCCCN1C(=O)C(C)CCCC(C)N. The Balaban J connectivity index is 2.48. The first-order valence-electron chi connectivity index (χ1n) is 8.12. The number of likely N-dealkylation sites (tertiary alicyclic amines) is 1. The van der Waals surface area contributed by atoms with E-state index in [4.69, 9.17) is 5.73 Å². The van der Waals surface area contributed by atoms with Crippen LogP contribution in [-0.4, -0.2) is 29.4 Å². The molecule has 2 N–H and O–H groups in total. The summed E-state index contributed by atoms with van der Waals surface area (Å²) >= 11 is 0. The molecule has 1 aliphatic rings. The topological polar surface area (TPSA) is 46.3 Å². The fraction of sp³-hybridized carbons (Fsp3) is 0.938. The average molecular weight is 268 g/mol. The number of hydrogen-bond donors (Lipinski definition) is 1. The molecule has 3 atom stereocenters. The van der Waals surface area contributed by atoms with E-state index in [1.165, 1.54) is 25.7 Å². The van der Waals surface area contributed by atoms with Gasteiger partial charge in [-0.15, -0.1) is 0 Å². The number of carbonyl (C=O) groups excluding carboxylic acids is 1. The van der Waals surface area contributed by atoms with Crippen LogP contribution in [0.5, 0.6) is 0 Å². The molecule has 3 unspecified atom stereocenters. The Labute approximate surface area is 118 Å². The van der Waals surface area contributed by atoms with E-state index in [9.17, 15) is 4.79 Å². The van der Waals surface area contributed by atoms with Crippen molar-refractivity contribution in [3.63, 3.8) is 0 Å². The summed E-state index contributed by atoms with van der Waals surface area (Å²) in [5.41, 5.74) is 5.77. The van der Waals surface area contributed by atoms with E-state index in [0.29, 0.717) is 11.9 Å². The lowest BCUT2D eigenvalue weighted by molar-refractivity contribution is -0.137. The van der Waals surface area contributed by atoms with Gasteiger partial charge in [-0.1, -0.05) is 33.1 Å². The number of nitrogens with zero attached hydrogens (tertiary/aromatic N) is 1. The minimum absolute atomic E-state index is 0.158. The molecule has 1 fully saturated rings. The average Bonchev–Trinajstić information content (AvgIpc) is 2.62. The van der Waals surface area contributed by atoms with Crippen LogP contribution in [0, 0.1) is 5.92 Å². The van der Waals surface area contributed by atoms with E-state index >= 15 is 0 Å². The first kappa shape index (κ1) is 16.5. The third kappa shape index (κ3) is 5.52. The highest BCUT2D eigenvalue weighted by atomic mass is 16.2. The van der Waals surface area contributed by atoms with Gasteiger partial charge in [0.25, 0.3) is 0 Å². The van der Waals surface area contributed by atoms with E-state index in [0.717, 1.165) is 32.2 Å². The zero-order valence-corrected chi connectivity index (χ0v) is 13.0. The van der Waals surface area contributed by atoms with Crippen LogP contribution in [0.3, 0.4) is 0 Å². The summed E-state index contributed by atoms with van der Waals surface area (Å²) in [4.78, 5) is 14.8. The number of nitrogens with two attached hydrogens (primary N) is 1. The molecule has 0 spiro atoms. The van der Waals surface area contributed by atoms with Crippen molar-refractivity contribution in [2.24, 2.45) is 11.7 Å². The summed E-state index contributed by atoms with van der Waals surface area (Å²) in [5.74, 6) is 0.532. The Morgan fingerprint density at radius 1 is 1.26 bits per heavy atom. The largest absolute Gasteiger partial charge is 0.340 e. The molecule has 1 rings (SSSR count). The van der Waals surface area contributed by atoms with Crippen LogP contribution >= 0.6 is 0 Å². The van der Waals surface area contributed by atoms with Gasteiger partial charge in [-0.3, -0.25) is 4.79 Å². The zero-order chi connectivity index (χ0) is 14.3. The van der Waals surface area contributed by atoms with E-state index in [1.54, 1.807) is 0 Å². The molecule has 3 heteroatoms. The zero-order valence-electron chi connectivity index (χ0n) is 13.0. The molecule has 1 amide bonds. The van der Waals surface area contributed by atoms with Crippen molar-refractivity contribution in [2.75, 3.05) is 6.54 Å². The second-order valence-corrected chi connectivity index (χ2v) is 6.25. The molecule has 112 valence electrons. The van der Waals surface area contributed by atoms with Crippen molar-refractivity contribution in [3.8, 4) is 0 Å². The Kier molecular flexibility index (Phi) is 7.44. The molecule has 0 radical (unpaired) electrons. The maximum atomic E-state index is 12.6. The van der Waals surface area contributed by atoms with Crippen LogP contribution in [0.25, 0.3) is 0 Å². The van der Waals surface area contributed by atoms with Crippen molar-refractivity contribution in [1.82, 2.24) is 4.90 Å². The quantitative estimate of drug-likeness (QED) is 0.803. The van der Waals surface area contributed by atoms with Crippen molar-refractivity contribution < 1.29 is 4.79 Å². The van der Waals surface area contributed by atoms with Gasteiger partial charge in [0.15, 0.2) is 0 Å². The van der Waals surface area contributed by atoms with Gasteiger partial charge in [0.05, 0.1) is 0 Å². The summed E-state index contributed by atoms with van der Waals surface area (Å²) in [6.07, 6.45) is 9.08. The van der Waals surface area contributed by atoms with Crippen LogP contribution in [-0.2, 0) is 4.79 Å². The smallest absolute Gasteiger partial charge is 0.225 e. The standard InChI is InChI=1S/C16H32N2O/c1-4-15-11-6-5-7-12-18(15)16(19)13(2)9-8-10-14(3)17/h13-15H,4-12,17H2,1-3H3. The first-order chi connectivity index (χ1) is 9.06. The molecular weight excluding hydrogens is 236 g/mol. The summed E-state index contributed by atoms with van der Waals surface area (Å²) in [6, 6.07) is 0.731. The molecular formula is C16H32N2O. The fourth-order valence-corrected chi connectivity index (χ4v) is 3.04. The van der Waals surface area contributed by atoms with Crippen molar-refractivity contribution in [2.45, 2.75) is 84.2 Å². The van der Waals surface area contributed by atoms with Gasteiger partial charge in [0, 0.05) is 24.5 Å². The molecule has 19 heavy (non-hydrogen) atoms. The highest BCUT2D eigenvalue weighted by Crippen LogP contribution is 2.22. The number of amides is 1. The third-order valence-electron chi connectivity index (χ3n) is 4.35. The van der Waals surface area contributed by atoms with Crippen molar-refractivity contribution >= 4 is 5.91 Å². The first-order valence-corrected chi connectivity index (χ1v) is 8.12. The van der Waals surface area contributed by atoms with Crippen LogP contribution in [0.2, 0.25) is 0 Å². The Hall–Kier alpha value is -0.570. The van der Waals surface area contributed by atoms with Gasteiger partial charge < -0.3 is 10.6 Å². The van der Waals surface area contributed by atoms with Crippen molar-refractivity contribution in [3.05, 3.63) is 0 Å². The number of carbonyl (C=O) groups is 1. The maximum Gasteiger partial charge on any atom is 0.225 e. The van der Waals surface area contributed by atoms with Gasteiger partial charge in [-0.05, 0) is 39.0 Å². The van der Waals surface area contributed by atoms with E-state index in [2.05, 4.69) is 18.7 Å². The van der Waals surface area contributed by atoms with Crippen molar-refractivity contribution in [1.29, 1.82) is 0 Å². The fourth-order valence-electron chi connectivity index (χ4n) is 3.04. The molecule has 1 heterocycles. The lowest BCUT2D eigenvalue weighted by Gasteiger charge is -2.31. The Bertz CT molecular complexity index is 265. The summed E-state index contributed by atoms with van der Waals surface area (Å²) in [7, 11) is 0. The Morgan fingerprint density at radius 3 is 2.63 bits per heavy atom. The van der Waals surface area contributed by atoms with E-state index in [-0.39, 0.29) is 12.0 Å². The summed E-state index contributed by atoms with van der Waals surface area (Å²) < 4.78 is 0. The molecule has 1 aliphatic heterocycles. The van der Waals surface area contributed by atoms with Gasteiger partial charge in [-0.2, -0.15) is 0 Å². The molecule has 0 aromatic rings. The van der Waals surface area contributed by atoms with Crippen LogP contribution in [0.15, 0.2) is 0 Å². The van der Waals surface area contributed by atoms with Crippen LogP contribution in [0.4, 0.5) is 0 Å². The highest BCUT2D eigenvalue weighted by Gasteiger charge is 2.27. The molecule has 0 saturated carbocycles. The Morgan fingerprint density at radius 2 is 2.00 bits per heavy atom. The van der Waals surface area contributed by atoms with Crippen LogP contribution < -0.4 is 5.73 Å². The monoisotopic (exact) mass is 268 g/mol. The van der Waals surface area contributed by atoms with Gasteiger partial charge in [-0.25, -0.2) is 0 Å². The normalized spacial score (nSPS) is 23.8. The minimum atomic E-state index is 0.158. The molecule has 1 saturated heterocycles. The summed E-state index contributed by atoms with van der Waals surface area (Å²) in [6.45, 7) is 7.29. The highest BCUT2D eigenvalue weighted by molar-refractivity contribution is 5.78. The maximum absolute atomic E-state index is 12.6. The molecule has 0 aromatic carbocycles. The van der Waals surface area contributed by atoms with Crippen LogP contribution in [0.1, 0.15) is 72.1 Å². The molecule has 0 aromatic heterocycles. The molecule has 0 bridgehead atoms. The van der Waals surface area contributed by atoms with Gasteiger partial charge >= 0.3 is 0 Å². The van der Waals surface area contributed by atoms with E-state index in [1.807, 2.05) is 6.92 Å².